The normalized spacial score (nSPS) is 29.0. The lowest BCUT2D eigenvalue weighted by molar-refractivity contribution is 0.0526. The summed E-state index contributed by atoms with van der Waals surface area (Å²) in [5.41, 5.74) is 1.53. The Morgan fingerprint density at radius 3 is 2.57 bits per heavy atom. The molecule has 1 aromatic carbocycles. The van der Waals surface area contributed by atoms with Crippen molar-refractivity contribution in [3.63, 3.8) is 0 Å². The SMILES string of the molecule is CCNC(=NCC1(c2cccc(Cl)c2)CC1)NC1CC2CCCC(C1)N2C.I. The van der Waals surface area contributed by atoms with Crippen LogP contribution in [0.1, 0.15) is 57.4 Å². The zero-order valence-corrected chi connectivity index (χ0v) is 20.2. The van der Waals surface area contributed by atoms with Crippen molar-refractivity contribution in [1.82, 2.24) is 15.5 Å². The summed E-state index contributed by atoms with van der Waals surface area (Å²) in [6.07, 6.45) is 8.95. The van der Waals surface area contributed by atoms with Crippen LogP contribution in [-0.2, 0) is 5.41 Å². The first kappa shape index (κ1) is 22.2. The molecule has 2 bridgehead atoms. The molecule has 28 heavy (non-hydrogen) atoms. The van der Waals surface area contributed by atoms with Crippen LogP contribution in [0.3, 0.4) is 0 Å². The standard InChI is InChI=1S/C22H33ClN4.HI/c1-3-24-21(26-18-13-19-8-5-9-20(14-18)27(19)2)25-15-22(10-11-22)16-6-4-7-17(23)12-16;/h4,6-7,12,18-20H,3,5,8-11,13-15H2,1-2H3,(H2,24,25,26);1H. The van der Waals surface area contributed by atoms with Crippen LogP contribution in [-0.4, -0.2) is 49.1 Å². The van der Waals surface area contributed by atoms with Gasteiger partial charge in [-0.15, -0.1) is 24.0 Å². The Morgan fingerprint density at radius 2 is 1.96 bits per heavy atom. The molecular weight excluding hydrogens is 483 g/mol. The summed E-state index contributed by atoms with van der Waals surface area (Å²) in [6.45, 7) is 3.88. The van der Waals surface area contributed by atoms with Crippen LogP contribution in [0.4, 0.5) is 0 Å². The Hall–Kier alpha value is -0.530. The van der Waals surface area contributed by atoms with Crippen LogP contribution >= 0.6 is 35.6 Å². The highest BCUT2D eigenvalue weighted by Gasteiger charge is 2.44. The van der Waals surface area contributed by atoms with Crippen LogP contribution in [0, 0.1) is 0 Å². The van der Waals surface area contributed by atoms with Crippen molar-refractivity contribution >= 4 is 41.5 Å². The maximum Gasteiger partial charge on any atom is 0.191 e. The first-order chi connectivity index (χ1) is 13.1. The van der Waals surface area contributed by atoms with Crippen molar-refractivity contribution in [3.8, 4) is 0 Å². The summed E-state index contributed by atoms with van der Waals surface area (Å²) in [4.78, 5) is 7.61. The van der Waals surface area contributed by atoms with Gasteiger partial charge in [-0.1, -0.05) is 30.2 Å². The topological polar surface area (TPSA) is 39.7 Å². The Labute approximate surface area is 191 Å². The predicted octanol–water partition coefficient (Wildman–Crippen LogP) is 4.56. The number of nitrogens with one attached hydrogen (secondary N) is 2. The van der Waals surface area contributed by atoms with Crippen molar-refractivity contribution < 1.29 is 0 Å². The zero-order valence-electron chi connectivity index (χ0n) is 17.1. The second kappa shape index (κ2) is 9.52. The summed E-state index contributed by atoms with van der Waals surface area (Å²) < 4.78 is 0. The predicted molar refractivity (Wildman–Crippen MR) is 129 cm³/mol. The van der Waals surface area contributed by atoms with Crippen molar-refractivity contribution in [2.75, 3.05) is 20.1 Å². The molecule has 0 amide bonds. The third-order valence-corrected chi connectivity index (χ3v) is 7.09. The summed E-state index contributed by atoms with van der Waals surface area (Å²) >= 11 is 6.21. The second-order valence-corrected chi connectivity index (χ2v) is 9.14. The molecule has 2 N–H and O–H groups in total. The number of rotatable bonds is 5. The average molecular weight is 517 g/mol. The van der Waals surface area contributed by atoms with Gasteiger partial charge < -0.3 is 15.5 Å². The molecule has 3 fully saturated rings. The van der Waals surface area contributed by atoms with E-state index in [-0.39, 0.29) is 29.4 Å². The van der Waals surface area contributed by atoms with E-state index in [4.69, 9.17) is 16.6 Å². The summed E-state index contributed by atoms with van der Waals surface area (Å²) in [5.74, 6) is 0.985. The van der Waals surface area contributed by atoms with Gasteiger partial charge in [0, 0.05) is 35.1 Å². The molecule has 156 valence electrons. The highest BCUT2D eigenvalue weighted by Crippen LogP contribution is 2.48. The quantitative estimate of drug-likeness (QED) is 0.342. The molecule has 2 heterocycles. The molecule has 0 radical (unpaired) electrons. The molecule has 4 nitrogen and oxygen atoms in total. The van der Waals surface area contributed by atoms with Gasteiger partial charge in [0.25, 0.3) is 0 Å². The molecule has 1 saturated carbocycles. The molecule has 1 aliphatic carbocycles. The largest absolute Gasteiger partial charge is 0.357 e. The lowest BCUT2D eigenvalue weighted by atomic mass is 9.82. The number of nitrogens with zero attached hydrogens (tertiary/aromatic N) is 2. The van der Waals surface area contributed by atoms with Gasteiger partial charge in [-0.2, -0.15) is 0 Å². The number of aliphatic imine (C=N–C) groups is 1. The molecular formula is C22H34ClIN4. The number of guanidine groups is 1. The van der Waals surface area contributed by atoms with Crippen molar-refractivity contribution in [2.24, 2.45) is 4.99 Å². The number of hydrogen-bond donors (Lipinski definition) is 2. The first-order valence-electron chi connectivity index (χ1n) is 10.6. The average Bonchev–Trinajstić information content (AvgIpc) is 3.42. The van der Waals surface area contributed by atoms with Gasteiger partial charge in [-0.05, 0) is 70.2 Å². The smallest absolute Gasteiger partial charge is 0.191 e. The second-order valence-electron chi connectivity index (χ2n) is 8.70. The number of piperidine rings is 2. The minimum atomic E-state index is 0. The monoisotopic (exact) mass is 516 g/mol. The summed E-state index contributed by atoms with van der Waals surface area (Å²) in [6, 6.07) is 10.3. The van der Waals surface area contributed by atoms with Crippen molar-refractivity contribution in [2.45, 2.75) is 75.4 Å². The van der Waals surface area contributed by atoms with E-state index in [1.54, 1.807) is 0 Å². The molecule has 2 saturated heterocycles. The van der Waals surface area contributed by atoms with Gasteiger partial charge in [-0.25, -0.2) is 0 Å². The van der Waals surface area contributed by atoms with Crippen LogP contribution in [0.2, 0.25) is 5.02 Å². The van der Waals surface area contributed by atoms with Crippen LogP contribution in [0.5, 0.6) is 0 Å². The third kappa shape index (κ3) is 4.96. The maximum absolute atomic E-state index is 6.21. The zero-order chi connectivity index (χ0) is 18.9. The Kier molecular flexibility index (Phi) is 7.54. The van der Waals surface area contributed by atoms with Gasteiger partial charge in [0.05, 0.1) is 6.54 Å². The van der Waals surface area contributed by atoms with E-state index >= 15 is 0 Å². The molecule has 2 atom stereocenters. The molecule has 0 aromatic heterocycles. The van der Waals surface area contributed by atoms with Crippen LogP contribution < -0.4 is 10.6 Å². The van der Waals surface area contributed by atoms with E-state index in [9.17, 15) is 0 Å². The van der Waals surface area contributed by atoms with E-state index in [0.717, 1.165) is 36.2 Å². The molecule has 1 aromatic rings. The van der Waals surface area contributed by atoms with E-state index < -0.39 is 0 Å². The molecule has 2 aliphatic heterocycles. The van der Waals surface area contributed by atoms with E-state index in [0.29, 0.717) is 6.04 Å². The number of fused-ring (bicyclic) bond motifs is 2. The van der Waals surface area contributed by atoms with Gasteiger partial charge in [0.1, 0.15) is 0 Å². The van der Waals surface area contributed by atoms with Crippen LogP contribution in [0.25, 0.3) is 0 Å². The molecule has 0 spiro atoms. The fourth-order valence-corrected chi connectivity index (χ4v) is 5.18. The Morgan fingerprint density at radius 1 is 1.25 bits per heavy atom. The maximum atomic E-state index is 6.21. The van der Waals surface area contributed by atoms with Crippen molar-refractivity contribution in [1.29, 1.82) is 0 Å². The number of benzene rings is 1. The van der Waals surface area contributed by atoms with Gasteiger partial charge in [0.2, 0.25) is 0 Å². The summed E-state index contributed by atoms with van der Waals surface area (Å²) in [7, 11) is 2.31. The first-order valence-corrected chi connectivity index (χ1v) is 11.0. The molecule has 6 heteroatoms. The fraction of sp³-hybridized carbons (Fsp3) is 0.682. The third-order valence-electron chi connectivity index (χ3n) is 6.86. The van der Waals surface area contributed by atoms with E-state index in [1.807, 2.05) is 6.07 Å². The highest BCUT2D eigenvalue weighted by atomic mass is 127. The minimum Gasteiger partial charge on any atom is -0.357 e. The lowest BCUT2D eigenvalue weighted by Crippen LogP contribution is -2.56. The van der Waals surface area contributed by atoms with Crippen LogP contribution in [0.15, 0.2) is 29.3 Å². The van der Waals surface area contributed by atoms with Gasteiger partial charge in [-0.3, -0.25) is 4.99 Å². The van der Waals surface area contributed by atoms with Gasteiger partial charge in [0.15, 0.2) is 5.96 Å². The molecule has 2 unspecified atom stereocenters. The Bertz CT molecular complexity index is 677. The lowest BCUT2D eigenvalue weighted by Gasteiger charge is -2.47. The van der Waals surface area contributed by atoms with Gasteiger partial charge >= 0.3 is 0 Å². The molecule has 3 aliphatic rings. The Balaban J connectivity index is 0.00000225. The van der Waals surface area contributed by atoms with E-state index in [2.05, 4.69) is 47.7 Å². The van der Waals surface area contributed by atoms with Crippen molar-refractivity contribution in [3.05, 3.63) is 34.9 Å². The summed E-state index contributed by atoms with van der Waals surface area (Å²) in [5, 5.41) is 8.05. The fourth-order valence-electron chi connectivity index (χ4n) is 4.98. The minimum absolute atomic E-state index is 0. The highest BCUT2D eigenvalue weighted by molar-refractivity contribution is 14.0. The number of hydrogen-bond acceptors (Lipinski definition) is 2. The molecule has 4 rings (SSSR count). The number of halogens is 2. The van der Waals surface area contributed by atoms with E-state index in [1.165, 1.54) is 50.5 Å².